The Morgan fingerprint density at radius 2 is 1.73 bits per heavy atom. The second-order valence-corrected chi connectivity index (χ2v) is 12.4. The first-order chi connectivity index (χ1) is 19.0. The Morgan fingerprint density at radius 1 is 1.00 bits per heavy atom. The zero-order chi connectivity index (χ0) is 28.7. The Labute approximate surface area is 246 Å². The number of phenolic OH excluding ortho intramolecular Hbond substituents is 1. The molecule has 2 aromatic rings. The summed E-state index contributed by atoms with van der Waals surface area (Å²) in [5.74, 6) is -7.30. The molecule has 2 aliphatic carbocycles. The Hall–Kier alpha value is -2.95. The molecule has 6 rings (SSSR count). The number of carboxylic acid groups (broad SMARTS) is 1. The summed E-state index contributed by atoms with van der Waals surface area (Å²) in [6.07, 6.45) is 1.34. The van der Waals surface area contributed by atoms with E-state index in [2.05, 4.69) is 15.9 Å². The number of halogens is 3. The van der Waals surface area contributed by atoms with Gasteiger partial charge in [-0.05, 0) is 35.6 Å². The van der Waals surface area contributed by atoms with Gasteiger partial charge in [-0.15, -0.1) is 23.2 Å². The van der Waals surface area contributed by atoms with Crippen LogP contribution in [0.5, 0.6) is 5.75 Å². The van der Waals surface area contributed by atoms with Gasteiger partial charge in [0.25, 0.3) is 11.8 Å². The predicted molar refractivity (Wildman–Crippen MR) is 148 cm³/mol. The summed E-state index contributed by atoms with van der Waals surface area (Å²) >= 11 is 17.7. The van der Waals surface area contributed by atoms with Crippen LogP contribution in [0.2, 0.25) is 0 Å². The first-order valence-corrected chi connectivity index (χ1v) is 14.6. The second kappa shape index (κ2) is 9.29. The average molecular weight is 650 g/mol. The zero-order valence-electron chi connectivity index (χ0n) is 20.9. The van der Waals surface area contributed by atoms with Gasteiger partial charge in [-0.3, -0.25) is 33.8 Å². The number of carbonyl (C=O) groups excluding carboxylic acids is 4. The lowest BCUT2D eigenvalue weighted by Crippen LogP contribution is -2.60. The number of allylic oxidation sites excluding steroid dienone is 2. The molecule has 4 amide bonds. The number of hydrogen-bond donors (Lipinski definition) is 2. The van der Waals surface area contributed by atoms with Gasteiger partial charge >= 0.3 is 5.97 Å². The molecule has 2 aromatic carbocycles. The number of carbonyl (C=O) groups is 5. The first kappa shape index (κ1) is 27.2. The van der Waals surface area contributed by atoms with Crippen LogP contribution in [0.15, 0.2) is 48.0 Å². The third kappa shape index (κ3) is 3.42. The highest BCUT2D eigenvalue weighted by Gasteiger charge is 2.76. The summed E-state index contributed by atoms with van der Waals surface area (Å²) in [6, 6.07) is 10.4. The van der Waals surface area contributed by atoms with E-state index in [0.29, 0.717) is 16.5 Å². The number of rotatable bonds is 5. The lowest BCUT2D eigenvalue weighted by Gasteiger charge is -2.51. The molecule has 0 spiro atoms. The number of aromatic hydroxyl groups is 1. The van der Waals surface area contributed by atoms with E-state index < -0.39 is 69.4 Å². The molecule has 2 heterocycles. The first-order valence-electron chi connectivity index (χ1n) is 12.7. The summed E-state index contributed by atoms with van der Waals surface area (Å²) in [5, 5.41) is 21.8. The van der Waals surface area contributed by atoms with E-state index in [4.69, 9.17) is 28.3 Å². The Balaban J connectivity index is 1.58. The number of nitrogens with zero attached hydrogens (tertiary/aromatic N) is 2. The van der Waals surface area contributed by atoms with Crippen molar-refractivity contribution in [2.24, 2.45) is 17.8 Å². The standard InChI is InChI=1S/C28H23BrCl2N2O7/c29-12-33-25(39)27(30)11-17-15(6-7-16-20(17)24(38)32(23(16)37)10-9-19(35)36)22(28(27,31)26(33)40)21-14-4-2-1-3-13(14)5-8-18(21)34/h1-6,8,16-17,20,22,34H,7,9-12H2,(H,35,36). The number of hydrogen-bond acceptors (Lipinski definition) is 6. The van der Waals surface area contributed by atoms with Crippen LogP contribution in [0.4, 0.5) is 0 Å². The van der Waals surface area contributed by atoms with Gasteiger partial charge < -0.3 is 10.2 Å². The maximum absolute atomic E-state index is 13.9. The minimum Gasteiger partial charge on any atom is -0.508 e. The Kier molecular flexibility index (Phi) is 6.32. The number of fused-ring (bicyclic) bond motifs is 5. The minimum absolute atomic E-state index is 0.152. The number of imide groups is 2. The van der Waals surface area contributed by atoms with Crippen LogP contribution >= 0.6 is 39.1 Å². The summed E-state index contributed by atoms with van der Waals surface area (Å²) in [4.78, 5) is 63.7. The van der Waals surface area contributed by atoms with Gasteiger partial charge in [0.05, 0.1) is 23.7 Å². The van der Waals surface area contributed by atoms with Gasteiger partial charge in [0.15, 0.2) is 9.75 Å². The third-order valence-electron chi connectivity index (χ3n) is 8.89. The van der Waals surface area contributed by atoms with Crippen molar-refractivity contribution in [3.63, 3.8) is 0 Å². The Bertz CT molecular complexity index is 1560. The van der Waals surface area contributed by atoms with Gasteiger partial charge in [-0.25, -0.2) is 0 Å². The lowest BCUT2D eigenvalue weighted by atomic mass is 9.56. The van der Waals surface area contributed by atoms with E-state index in [0.717, 1.165) is 15.2 Å². The largest absolute Gasteiger partial charge is 0.508 e. The quantitative estimate of drug-likeness (QED) is 0.218. The van der Waals surface area contributed by atoms with Gasteiger partial charge in [0.1, 0.15) is 5.75 Å². The fourth-order valence-electron chi connectivity index (χ4n) is 7.15. The van der Waals surface area contributed by atoms with Crippen LogP contribution in [0.1, 0.15) is 30.7 Å². The summed E-state index contributed by atoms with van der Waals surface area (Å²) < 4.78 is 0. The molecular weight excluding hydrogens is 627 g/mol. The average Bonchev–Trinajstić information content (AvgIpc) is 3.25. The van der Waals surface area contributed by atoms with Crippen molar-refractivity contribution in [3.8, 4) is 5.75 Å². The van der Waals surface area contributed by atoms with Crippen LogP contribution in [0.25, 0.3) is 10.8 Å². The van der Waals surface area contributed by atoms with Crippen LogP contribution in [0, 0.1) is 17.8 Å². The van der Waals surface area contributed by atoms with E-state index in [-0.39, 0.29) is 30.6 Å². The van der Waals surface area contributed by atoms with E-state index in [9.17, 15) is 29.1 Å². The highest BCUT2D eigenvalue weighted by atomic mass is 79.9. The molecule has 0 radical (unpaired) electrons. The maximum Gasteiger partial charge on any atom is 0.305 e. The van der Waals surface area contributed by atoms with Crippen LogP contribution < -0.4 is 0 Å². The highest BCUT2D eigenvalue weighted by Crippen LogP contribution is 2.66. The summed E-state index contributed by atoms with van der Waals surface area (Å²) in [7, 11) is 0. The number of carboxylic acids is 1. The molecule has 2 aliphatic heterocycles. The molecule has 0 aromatic heterocycles. The van der Waals surface area contributed by atoms with E-state index in [1.54, 1.807) is 24.3 Å². The number of likely N-dealkylation sites (tertiary alicyclic amines) is 2. The number of amides is 4. The molecule has 0 bridgehead atoms. The van der Waals surface area contributed by atoms with Crippen LogP contribution in [-0.4, -0.2) is 71.4 Å². The third-order valence-corrected chi connectivity index (χ3v) is 10.8. The SMILES string of the molecule is O=C(O)CCN1C(=O)C2CC=C3C(CC4(Cl)C(=O)N(CBr)C(=O)C4(Cl)C3c3c(O)ccc4ccccc34)C2C1=O. The highest BCUT2D eigenvalue weighted by molar-refractivity contribution is 9.09. The van der Waals surface area contributed by atoms with Crippen molar-refractivity contribution in [1.82, 2.24) is 9.80 Å². The van der Waals surface area contributed by atoms with Crippen molar-refractivity contribution in [2.75, 3.05) is 12.0 Å². The van der Waals surface area contributed by atoms with Gasteiger partial charge in [-0.2, -0.15) is 0 Å². The number of benzene rings is 2. The normalized spacial score (nSPS) is 33.2. The molecule has 208 valence electrons. The number of phenols is 1. The van der Waals surface area contributed by atoms with Crippen molar-refractivity contribution >= 4 is 79.5 Å². The molecule has 3 fully saturated rings. The fraction of sp³-hybridized carbons (Fsp3) is 0.393. The van der Waals surface area contributed by atoms with Crippen molar-refractivity contribution < 1.29 is 34.2 Å². The van der Waals surface area contributed by atoms with E-state index in [1.807, 2.05) is 12.1 Å². The van der Waals surface area contributed by atoms with Gasteiger partial charge in [0, 0.05) is 18.0 Å². The van der Waals surface area contributed by atoms with Crippen LogP contribution in [-0.2, 0) is 24.0 Å². The maximum atomic E-state index is 13.9. The fourth-order valence-corrected chi connectivity index (χ4v) is 8.56. The van der Waals surface area contributed by atoms with Crippen molar-refractivity contribution in [1.29, 1.82) is 0 Å². The smallest absolute Gasteiger partial charge is 0.305 e. The lowest BCUT2D eigenvalue weighted by molar-refractivity contribution is -0.143. The van der Waals surface area contributed by atoms with E-state index in [1.165, 1.54) is 6.07 Å². The van der Waals surface area contributed by atoms with Gasteiger partial charge in [-0.1, -0.05) is 57.9 Å². The topological polar surface area (TPSA) is 132 Å². The Morgan fingerprint density at radius 3 is 2.42 bits per heavy atom. The molecule has 6 atom stereocenters. The second-order valence-electron chi connectivity index (χ2n) is 10.7. The molecule has 12 heteroatoms. The molecule has 2 N–H and O–H groups in total. The number of alkyl halides is 3. The molecule has 6 unspecified atom stereocenters. The minimum atomic E-state index is -2.04. The summed E-state index contributed by atoms with van der Waals surface area (Å²) in [5.41, 5.74) is 0.709. The van der Waals surface area contributed by atoms with Crippen molar-refractivity contribution in [3.05, 3.63) is 53.6 Å². The number of aliphatic carboxylic acids is 1. The zero-order valence-corrected chi connectivity index (χ0v) is 23.9. The van der Waals surface area contributed by atoms with Gasteiger partial charge in [0.2, 0.25) is 11.8 Å². The summed E-state index contributed by atoms with van der Waals surface area (Å²) in [6.45, 7) is -0.268. The predicted octanol–water partition coefficient (Wildman–Crippen LogP) is 3.73. The molecule has 2 saturated heterocycles. The van der Waals surface area contributed by atoms with E-state index >= 15 is 0 Å². The molecule has 4 aliphatic rings. The molecular formula is C28H23BrCl2N2O7. The van der Waals surface area contributed by atoms with Crippen LogP contribution in [0.3, 0.4) is 0 Å². The monoisotopic (exact) mass is 648 g/mol. The molecule has 1 saturated carbocycles. The molecule has 40 heavy (non-hydrogen) atoms. The molecule has 9 nitrogen and oxygen atoms in total. The van der Waals surface area contributed by atoms with Crippen molar-refractivity contribution in [2.45, 2.75) is 34.9 Å².